The first-order valence-corrected chi connectivity index (χ1v) is 9.06. The van der Waals surface area contributed by atoms with Gasteiger partial charge < -0.3 is 10.1 Å². The van der Waals surface area contributed by atoms with E-state index in [0.717, 1.165) is 11.1 Å². The number of carbonyl (C=O) groups excluding carboxylic acids is 1. The molecule has 0 aromatic heterocycles. The van der Waals surface area contributed by atoms with Gasteiger partial charge in [0.1, 0.15) is 5.75 Å². The van der Waals surface area contributed by atoms with Gasteiger partial charge in [0.15, 0.2) is 0 Å². The van der Waals surface area contributed by atoms with Crippen LogP contribution in [-0.4, -0.2) is 10.8 Å². The number of nitro benzene ring substituents is 1. The van der Waals surface area contributed by atoms with Crippen LogP contribution in [0.1, 0.15) is 73.5 Å². The summed E-state index contributed by atoms with van der Waals surface area (Å²) in [5.41, 5.74) is 2.16. The third kappa shape index (κ3) is 3.39. The molecule has 1 atom stereocenters. The molecule has 6 nitrogen and oxygen atoms in total. The van der Waals surface area contributed by atoms with Crippen molar-refractivity contribution >= 4 is 11.6 Å². The number of hydrogen-bond donors (Lipinski definition) is 1. The zero-order chi connectivity index (χ0) is 19.9. The lowest BCUT2D eigenvalue weighted by Gasteiger charge is -2.38. The minimum absolute atomic E-state index is 0.00525. The van der Waals surface area contributed by atoms with Crippen LogP contribution < -0.4 is 10.1 Å². The molecular weight excluding hydrogens is 344 g/mol. The number of rotatable bonds is 4. The summed E-state index contributed by atoms with van der Waals surface area (Å²) < 4.78 is 6.30. The second-order valence-electron chi connectivity index (χ2n) is 7.69. The molecule has 27 heavy (non-hydrogen) atoms. The third-order valence-electron chi connectivity index (χ3n) is 4.96. The van der Waals surface area contributed by atoms with Crippen molar-refractivity contribution in [1.29, 1.82) is 0 Å². The quantitative estimate of drug-likeness (QED) is 0.618. The van der Waals surface area contributed by atoms with Gasteiger partial charge in [-0.3, -0.25) is 14.9 Å². The van der Waals surface area contributed by atoms with Crippen LogP contribution in [0.3, 0.4) is 0 Å². The number of hydrogen-bond acceptors (Lipinski definition) is 4. The van der Waals surface area contributed by atoms with E-state index in [0.29, 0.717) is 22.8 Å². The number of ether oxygens (including phenoxy) is 1. The van der Waals surface area contributed by atoms with E-state index in [1.54, 1.807) is 19.1 Å². The fourth-order valence-corrected chi connectivity index (χ4v) is 3.27. The van der Waals surface area contributed by atoms with Gasteiger partial charge >= 0.3 is 0 Å². The summed E-state index contributed by atoms with van der Waals surface area (Å²) in [6, 6.07) is 10.0. The average Bonchev–Trinajstić information content (AvgIpc) is 2.60. The molecule has 1 aliphatic rings. The fraction of sp³-hybridized carbons (Fsp3) is 0.381. The molecule has 1 heterocycles. The van der Waals surface area contributed by atoms with Gasteiger partial charge in [-0.15, -0.1) is 0 Å². The highest BCUT2D eigenvalue weighted by Gasteiger charge is 2.39. The first-order chi connectivity index (χ1) is 12.6. The molecule has 0 bridgehead atoms. The summed E-state index contributed by atoms with van der Waals surface area (Å²) in [7, 11) is 0. The molecule has 2 aromatic rings. The van der Waals surface area contributed by atoms with Crippen LogP contribution in [0.4, 0.5) is 5.69 Å². The Labute approximate surface area is 158 Å². The first kappa shape index (κ1) is 18.9. The molecule has 1 aliphatic heterocycles. The normalized spacial score (nSPS) is 18.9. The standard InChI is InChI=1S/C21H24N2O4/c1-12(2)14-10-17(13(3)4)19-18(11-14)20(24)22-21(5,27-19)15-6-8-16(9-7-15)23(25)26/h6-13H,1-5H3,(H,22,24)/t21-/m1/s1. The Kier molecular flexibility index (Phi) is 4.68. The van der Waals surface area contributed by atoms with Gasteiger partial charge in [-0.2, -0.15) is 0 Å². The first-order valence-electron chi connectivity index (χ1n) is 9.06. The van der Waals surface area contributed by atoms with Crippen LogP contribution in [0, 0.1) is 10.1 Å². The third-order valence-corrected chi connectivity index (χ3v) is 4.96. The molecule has 0 fully saturated rings. The molecule has 0 spiro atoms. The highest BCUT2D eigenvalue weighted by Crippen LogP contribution is 2.40. The lowest BCUT2D eigenvalue weighted by Crippen LogP contribution is -2.51. The molecule has 1 amide bonds. The predicted octanol–water partition coefficient (Wildman–Crippen LogP) is 4.84. The topological polar surface area (TPSA) is 81.5 Å². The number of non-ortho nitro benzene ring substituents is 1. The summed E-state index contributed by atoms with van der Waals surface area (Å²) in [5.74, 6) is 0.855. The minimum Gasteiger partial charge on any atom is -0.463 e. The van der Waals surface area contributed by atoms with Crippen LogP contribution in [0.5, 0.6) is 5.75 Å². The number of nitrogens with one attached hydrogen (secondary N) is 1. The number of nitro groups is 1. The summed E-state index contributed by atoms with van der Waals surface area (Å²) in [5, 5.41) is 13.8. The maximum Gasteiger partial charge on any atom is 0.269 e. The molecular formula is C21H24N2O4. The van der Waals surface area contributed by atoms with Gasteiger partial charge in [0, 0.05) is 17.7 Å². The average molecular weight is 368 g/mol. The van der Waals surface area contributed by atoms with Crippen LogP contribution in [0.15, 0.2) is 36.4 Å². The largest absolute Gasteiger partial charge is 0.463 e. The lowest BCUT2D eigenvalue weighted by molar-refractivity contribution is -0.384. The van der Waals surface area contributed by atoms with Crippen molar-refractivity contribution in [2.75, 3.05) is 0 Å². The Balaban J connectivity index is 2.09. The molecule has 0 aliphatic carbocycles. The Morgan fingerprint density at radius 1 is 1.07 bits per heavy atom. The highest BCUT2D eigenvalue weighted by molar-refractivity contribution is 5.99. The lowest BCUT2D eigenvalue weighted by atomic mass is 9.90. The molecule has 3 rings (SSSR count). The predicted molar refractivity (Wildman–Crippen MR) is 103 cm³/mol. The molecule has 0 radical (unpaired) electrons. The Bertz CT molecular complexity index is 903. The van der Waals surface area contributed by atoms with E-state index in [2.05, 4.69) is 39.1 Å². The molecule has 142 valence electrons. The van der Waals surface area contributed by atoms with E-state index in [1.165, 1.54) is 12.1 Å². The molecule has 1 N–H and O–H groups in total. The van der Waals surface area contributed by atoms with Crippen molar-refractivity contribution in [2.45, 2.75) is 52.2 Å². The van der Waals surface area contributed by atoms with Gasteiger partial charge in [0.05, 0.1) is 10.5 Å². The van der Waals surface area contributed by atoms with Gasteiger partial charge in [-0.1, -0.05) is 33.8 Å². The van der Waals surface area contributed by atoms with Crippen LogP contribution in [-0.2, 0) is 5.72 Å². The monoisotopic (exact) mass is 368 g/mol. The summed E-state index contributed by atoms with van der Waals surface area (Å²) >= 11 is 0. The molecule has 6 heteroatoms. The minimum atomic E-state index is -1.10. The Hall–Kier alpha value is -2.89. The number of fused-ring (bicyclic) bond motifs is 1. The maximum absolute atomic E-state index is 12.9. The second-order valence-corrected chi connectivity index (χ2v) is 7.69. The summed E-state index contributed by atoms with van der Waals surface area (Å²) in [4.78, 5) is 23.3. The van der Waals surface area contributed by atoms with E-state index < -0.39 is 10.6 Å². The van der Waals surface area contributed by atoms with Gasteiger partial charge in [-0.05, 0) is 48.1 Å². The molecule has 0 saturated heterocycles. The number of benzene rings is 2. The van der Waals surface area contributed by atoms with Crippen molar-refractivity contribution < 1.29 is 14.5 Å². The number of amides is 1. The number of nitrogens with zero attached hydrogens (tertiary/aromatic N) is 1. The Morgan fingerprint density at radius 3 is 2.22 bits per heavy atom. The van der Waals surface area contributed by atoms with Crippen molar-refractivity contribution in [3.8, 4) is 5.75 Å². The summed E-state index contributed by atoms with van der Waals surface area (Å²) in [6.07, 6.45) is 0. The SMILES string of the molecule is CC(C)c1cc2c(c(C(C)C)c1)O[C@](C)(c1ccc([N+](=O)[O-])cc1)NC2=O. The van der Waals surface area contributed by atoms with Gasteiger partial charge in [0.25, 0.3) is 11.6 Å². The van der Waals surface area contributed by atoms with E-state index >= 15 is 0 Å². The Morgan fingerprint density at radius 2 is 1.70 bits per heavy atom. The smallest absolute Gasteiger partial charge is 0.269 e. The van der Waals surface area contributed by atoms with Crippen molar-refractivity contribution in [1.82, 2.24) is 5.32 Å². The second kappa shape index (κ2) is 6.68. The van der Waals surface area contributed by atoms with E-state index in [9.17, 15) is 14.9 Å². The van der Waals surface area contributed by atoms with E-state index in [1.807, 2.05) is 6.07 Å². The maximum atomic E-state index is 12.9. The number of carbonyl (C=O) groups is 1. The van der Waals surface area contributed by atoms with E-state index in [4.69, 9.17) is 4.74 Å². The van der Waals surface area contributed by atoms with Crippen LogP contribution in [0.2, 0.25) is 0 Å². The molecule has 0 unspecified atom stereocenters. The van der Waals surface area contributed by atoms with Crippen LogP contribution in [0.25, 0.3) is 0 Å². The van der Waals surface area contributed by atoms with Crippen LogP contribution >= 0.6 is 0 Å². The van der Waals surface area contributed by atoms with Gasteiger partial charge in [0.2, 0.25) is 5.72 Å². The fourth-order valence-electron chi connectivity index (χ4n) is 3.27. The zero-order valence-electron chi connectivity index (χ0n) is 16.2. The van der Waals surface area contributed by atoms with Crippen molar-refractivity contribution in [3.63, 3.8) is 0 Å². The van der Waals surface area contributed by atoms with E-state index in [-0.39, 0.29) is 17.5 Å². The molecule has 0 saturated carbocycles. The highest BCUT2D eigenvalue weighted by atomic mass is 16.6. The summed E-state index contributed by atoms with van der Waals surface area (Å²) in [6.45, 7) is 10.1. The molecule has 2 aromatic carbocycles. The van der Waals surface area contributed by atoms with Crippen molar-refractivity contribution in [2.24, 2.45) is 0 Å². The zero-order valence-corrected chi connectivity index (χ0v) is 16.2. The van der Waals surface area contributed by atoms with Gasteiger partial charge in [-0.25, -0.2) is 0 Å². The van der Waals surface area contributed by atoms with Crippen molar-refractivity contribution in [3.05, 3.63) is 68.8 Å².